The van der Waals surface area contributed by atoms with Crippen LogP contribution in [-0.4, -0.2) is 68.1 Å². The van der Waals surface area contributed by atoms with E-state index in [1.807, 2.05) is 0 Å². The molecule has 18 heavy (non-hydrogen) atoms. The van der Waals surface area contributed by atoms with Gasteiger partial charge in [-0.1, -0.05) is 11.3 Å². The molecule has 94 valence electrons. The van der Waals surface area contributed by atoms with Crippen LogP contribution in [0.3, 0.4) is 0 Å². The van der Waals surface area contributed by atoms with Gasteiger partial charge in [0, 0.05) is 26.2 Å². The smallest absolute Gasteiger partial charge is 0.284 e. The lowest BCUT2D eigenvalue weighted by molar-refractivity contribution is -0.119. The maximum absolute atomic E-state index is 12.2. The predicted octanol–water partition coefficient (Wildman–Crippen LogP) is -0.900. The topological polar surface area (TPSA) is 83.7 Å². The van der Waals surface area contributed by atoms with Crippen molar-refractivity contribution in [1.29, 1.82) is 0 Å². The summed E-state index contributed by atoms with van der Waals surface area (Å²) in [7, 11) is 0. The molecule has 2 aromatic heterocycles. The average molecular weight is 266 g/mol. The van der Waals surface area contributed by atoms with Crippen LogP contribution in [0, 0.1) is 0 Å². The molecule has 9 heteroatoms. The fourth-order valence-electron chi connectivity index (χ4n) is 1.81. The summed E-state index contributed by atoms with van der Waals surface area (Å²) in [5.74, 6) is -0.115. The first-order valence-electron chi connectivity index (χ1n) is 5.43. The normalized spacial score (nSPS) is 16.2. The van der Waals surface area contributed by atoms with Crippen LogP contribution >= 0.6 is 11.3 Å². The lowest BCUT2D eigenvalue weighted by atomic mass is 10.3. The first-order chi connectivity index (χ1) is 8.78. The zero-order valence-electron chi connectivity index (χ0n) is 9.39. The van der Waals surface area contributed by atoms with Crippen LogP contribution < -0.4 is 0 Å². The Morgan fingerprint density at radius 1 is 1.33 bits per heavy atom. The molecule has 0 aromatic carbocycles. The second-order valence-corrected chi connectivity index (χ2v) is 4.85. The summed E-state index contributed by atoms with van der Waals surface area (Å²) in [5.41, 5.74) is 0. The number of carbonyl (C=O) groups excluding carboxylic acids is 2. The standard InChI is InChI=1S/C9H10N6O2S/c16-6-13-1-3-14(4-2-13)8(17)7-12-15-5-10-11-9(15)18-7/h5-6H,1-4H2. The first kappa shape index (κ1) is 11.1. The number of aromatic nitrogens is 4. The van der Waals surface area contributed by atoms with Gasteiger partial charge in [0.1, 0.15) is 6.33 Å². The van der Waals surface area contributed by atoms with Gasteiger partial charge in [-0.05, 0) is 0 Å². The molecule has 0 aliphatic carbocycles. The summed E-state index contributed by atoms with van der Waals surface area (Å²) in [4.78, 5) is 26.7. The fraction of sp³-hybridized carbons (Fsp3) is 0.444. The molecule has 0 unspecified atom stereocenters. The molecule has 1 saturated heterocycles. The zero-order valence-corrected chi connectivity index (χ0v) is 10.2. The molecule has 1 aliphatic rings. The van der Waals surface area contributed by atoms with Gasteiger partial charge in [0.15, 0.2) is 0 Å². The van der Waals surface area contributed by atoms with Crippen LogP contribution in [0.25, 0.3) is 4.96 Å². The highest BCUT2D eigenvalue weighted by Crippen LogP contribution is 2.14. The number of piperazine rings is 1. The van der Waals surface area contributed by atoms with E-state index < -0.39 is 0 Å². The van der Waals surface area contributed by atoms with Gasteiger partial charge in [0.2, 0.25) is 16.4 Å². The van der Waals surface area contributed by atoms with Gasteiger partial charge < -0.3 is 9.80 Å². The molecule has 0 radical (unpaired) electrons. The molecule has 3 rings (SSSR count). The first-order valence-corrected chi connectivity index (χ1v) is 6.25. The Morgan fingerprint density at radius 3 is 2.78 bits per heavy atom. The predicted molar refractivity (Wildman–Crippen MR) is 62.2 cm³/mol. The Hall–Kier alpha value is -2.03. The number of hydrogen-bond acceptors (Lipinski definition) is 6. The Kier molecular flexibility index (Phi) is 2.67. The Morgan fingerprint density at radius 2 is 2.11 bits per heavy atom. The van der Waals surface area contributed by atoms with Crippen molar-refractivity contribution >= 4 is 28.6 Å². The third-order valence-corrected chi connectivity index (χ3v) is 3.72. The molecule has 0 atom stereocenters. The molecule has 1 fully saturated rings. The molecule has 0 saturated carbocycles. The van der Waals surface area contributed by atoms with Crippen molar-refractivity contribution in [3.8, 4) is 0 Å². The molecule has 2 amide bonds. The summed E-state index contributed by atoms with van der Waals surface area (Å²) in [5, 5.41) is 12.0. The monoisotopic (exact) mass is 266 g/mol. The maximum Gasteiger partial charge on any atom is 0.284 e. The van der Waals surface area contributed by atoms with Crippen molar-refractivity contribution in [1.82, 2.24) is 29.6 Å². The van der Waals surface area contributed by atoms with Crippen molar-refractivity contribution in [2.45, 2.75) is 0 Å². The van der Waals surface area contributed by atoms with Crippen LogP contribution in [0.5, 0.6) is 0 Å². The highest BCUT2D eigenvalue weighted by atomic mass is 32.1. The van der Waals surface area contributed by atoms with Gasteiger partial charge >= 0.3 is 0 Å². The van der Waals surface area contributed by atoms with Crippen LogP contribution in [0.1, 0.15) is 9.80 Å². The highest BCUT2D eigenvalue weighted by molar-refractivity contribution is 7.18. The molecular formula is C9H10N6O2S. The van der Waals surface area contributed by atoms with E-state index in [1.54, 1.807) is 9.80 Å². The van der Waals surface area contributed by atoms with Crippen LogP contribution in [-0.2, 0) is 4.79 Å². The van der Waals surface area contributed by atoms with Gasteiger partial charge in [0.05, 0.1) is 0 Å². The summed E-state index contributed by atoms with van der Waals surface area (Å²) >= 11 is 1.22. The molecule has 0 bridgehead atoms. The minimum absolute atomic E-state index is 0.115. The Bertz CT molecular complexity index is 556. The summed E-state index contributed by atoms with van der Waals surface area (Å²) in [6.07, 6.45) is 2.28. The summed E-state index contributed by atoms with van der Waals surface area (Å²) in [6, 6.07) is 0. The van der Waals surface area contributed by atoms with Crippen molar-refractivity contribution in [2.24, 2.45) is 0 Å². The number of rotatable bonds is 2. The zero-order chi connectivity index (χ0) is 12.5. The molecule has 2 aromatic rings. The number of fused-ring (bicyclic) bond motifs is 1. The minimum atomic E-state index is -0.115. The minimum Gasteiger partial charge on any atom is -0.342 e. The van der Waals surface area contributed by atoms with Gasteiger partial charge in [-0.3, -0.25) is 9.59 Å². The quantitative estimate of drug-likeness (QED) is 0.658. The summed E-state index contributed by atoms with van der Waals surface area (Å²) in [6.45, 7) is 2.22. The van der Waals surface area contributed by atoms with Crippen molar-refractivity contribution in [3.05, 3.63) is 11.3 Å². The number of amides is 2. The van der Waals surface area contributed by atoms with Crippen LogP contribution in [0.2, 0.25) is 0 Å². The largest absolute Gasteiger partial charge is 0.342 e. The van der Waals surface area contributed by atoms with E-state index >= 15 is 0 Å². The molecule has 0 spiro atoms. The average Bonchev–Trinajstić information content (AvgIpc) is 2.99. The third kappa shape index (κ3) is 1.82. The van der Waals surface area contributed by atoms with Gasteiger partial charge in [-0.2, -0.15) is 4.52 Å². The van der Waals surface area contributed by atoms with Crippen molar-refractivity contribution < 1.29 is 9.59 Å². The Balaban J connectivity index is 1.75. The fourth-order valence-corrected chi connectivity index (χ4v) is 2.60. The maximum atomic E-state index is 12.2. The third-order valence-electron chi connectivity index (χ3n) is 2.82. The molecular weight excluding hydrogens is 256 g/mol. The lowest BCUT2D eigenvalue weighted by Crippen LogP contribution is -2.48. The van der Waals surface area contributed by atoms with Crippen LogP contribution in [0.4, 0.5) is 0 Å². The second kappa shape index (κ2) is 4.33. The van der Waals surface area contributed by atoms with Gasteiger partial charge in [0.25, 0.3) is 5.91 Å². The highest BCUT2D eigenvalue weighted by Gasteiger charge is 2.24. The van der Waals surface area contributed by atoms with E-state index in [9.17, 15) is 9.59 Å². The summed E-state index contributed by atoms with van der Waals surface area (Å²) < 4.78 is 1.49. The number of nitrogens with zero attached hydrogens (tertiary/aromatic N) is 6. The van der Waals surface area contributed by atoms with Crippen LogP contribution in [0.15, 0.2) is 6.33 Å². The molecule has 1 aliphatic heterocycles. The second-order valence-electron chi connectivity index (χ2n) is 3.90. The van der Waals surface area contributed by atoms with Crippen molar-refractivity contribution in [3.63, 3.8) is 0 Å². The number of hydrogen-bond donors (Lipinski definition) is 0. The van der Waals surface area contributed by atoms with E-state index in [-0.39, 0.29) is 5.91 Å². The Labute approximate surface area is 106 Å². The lowest BCUT2D eigenvalue weighted by Gasteiger charge is -2.31. The molecule has 3 heterocycles. The van der Waals surface area contributed by atoms with E-state index in [1.165, 1.54) is 22.2 Å². The van der Waals surface area contributed by atoms with E-state index in [2.05, 4.69) is 15.3 Å². The van der Waals surface area contributed by atoms with E-state index in [0.29, 0.717) is 36.1 Å². The molecule has 8 nitrogen and oxygen atoms in total. The van der Waals surface area contributed by atoms with Crippen molar-refractivity contribution in [2.75, 3.05) is 26.2 Å². The van der Waals surface area contributed by atoms with E-state index in [4.69, 9.17) is 0 Å². The van der Waals surface area contributed by atoms with Gasteiger partial charge in [-0.25, -0.2) is 0 Å². The number of carbonyl (C=O) groups is 2. The van der Waals surface area contributed by atoms with Gasteiger partial charge in [-0.15, -0.1) is 15.3 Å². The SMILES string of the molecule is O=CN1CCN(C(=O)c2nn3cnnc3s2)CC1. The van der Waals surface area contributed by atoms with E-state index in [0.717, 1.165) is 6.41 Å². The molecule has 0 N–H and O–H groups in total.